The lowest BCUT2D eigenvalue weighted by atomic mass is 9.83. The van der Waals surface area contributed by atoms with Crippen LogP contribution in [0.3, 0.4) is 0 Å². The normalized spacial score (nSPS) is 16.2. The zero-order valence-electron chi connectivity index (χ0n) is 16.0. The van der Waals surface area contributed by atoms with Crippen molar-refractivity contribution in [3.8, 4) is 5.75 Å². The minimum Gasteiger partial charge on any atom is -0.497 e. The average molecular weight is 396 g/mol. The van der Waals surface area contributed by atoms with Crippen molar-refractivity contribution in [2.24, 2.45) is 0 Å². The molecule has 2 aromatic carbocycles. The quantitative estimate of drug-likeness (QED) is 0.456. The summed E-state index contributed by atoms with van der Waals surface area (Å²) < 4.78 is 10.5. The predicted molar refractivity (Wildman–Crippen MR) is 104 cm³/mol. The number of nitro benzene ring substituents is 1. The minimum atomic E-state index is -0.756. The van der Waals surface area contributed by atoms with Crippen molar-refractivity contribution in [2.45, 2.75) is 25.9 Å². The first-order valence-corrected chi connectivity index (χ1v) is 8.94. The highest BCUT2D eigenvalue weighted by atomic mass is 16.6. The van der Waals surface area contributed by atoms with Gasteiger partial charge in [-0.15, -0.1) is 0 Å². The fourth-order valence-corrected chi connectivity index (χ4v) is 3.33. The number of rotatable bonds is 6. The van der Waals surface area contributed by atoms with Gasteiger partial charge >= 0.3 is 5.97 Å². The van der Waals surface area contributed by atoms with E-state index in [0.717, 1.165) is 5.56 Å². The van der Waals surface area contributed by atoms with Crippen LogP contribution in [0.25, 0.3) is 0 Å². The number of esters is 1. The molecule has 1 atom stereocenters. The van der Waals surface area contributed by atoms with Crippen molar-refractivity contribution < 1.29 is 24.0 Å². The fraction of sp³-hybridized carbons (Fsp3) is 0.238. The number of allylic oxidation sites excluding steroid dienone is 1. The van der Waals surface area contributed by atoms with Crippen molar-refractivity contribution in [3.63, 3.8) is 0 Å². The third-order valence-corrected chi connectivity index (χ3v) is 4.73. The molecule has 0 aromatic heterocycles. The van der Waals surface area contributed by atoms with Crippen molar-refractivity contribution >= 4 is 17.6 Å². The van der Waals surface area contributed by atoms with E-state index in [1.54, 1.807) is 56.5 Å². The Bertz CT molecular complexity index is 981. The number of hydrogen-bond acceptors (Lipinski definition) is 6. The summed E-state index contributed by atoms with van der Waals surface area (Å²) in [6.07, 6.45) is -0.0742. The molecule has 1 amide bonds. The Kier molecular flexibility index (Phi) is 5.92. The number of para-hydroxylation sites is 1. The maximum absolute atomic E-state index is 12.9. The summed E-state index contributed by atoms with van der Waals surface area (Å²) >= 11 is 0. The van der Waals surface area contributed by atoms with Gasteiger partial charge in [-0.2, -0.15) is 0 Å². The Morgan fingerprint density at radius 3 is 2.55 bits per heavy atom. The van der Waals surface area contributed by atoms with Crippen molar-refractivity contribution in [2.75, 3.05) is 7.11 Å². The van der Waals surface area contributed by atoms with Crippen LogP contribution in [0.4, 0.5) is 5.69 Å². The maximum Gasteiger partial charge on any atom is 0.336 e. The van der Waals surface area contributed by atoms with Gasteiger partial charge in [0.05, 0.1) is 17.6 Å². The summed E-state index contributed by atoms with van der Waals surface area (Å²) in [6.45, 7) is 1.61. The molecule has 0 aliphatic carbocycles. The average Bonchev–Trinajstić information content (AvgIpc) is 2.71. The first kappa shape index (κ1) is 20.1. The monoisotopic (exact) mass is 396 g/mol. The van der Waals surface area contributed by atoms with Gasteiger partial charge in [0.1, 0.15) is 12.4 Å². The van der Waals surface area contributed by atoms with Gasteiger partial charge in [-0.1, -0.05) is 30.3 Å². The lowest BCUT2D eigenvalue weighted by molar-refractivity contribution is -0.385. The molecular weight excluding hydrogens is 376 g/mol. The maximum atomic E-state index is 12.9. The topological polar surface area (TPSA) is 108 Å². The fourth-order valence-electron chi connectivity index (χ4n) is 3.33. The SMILES string of the molecule is COc1ccc(COC(=O)C2=C(C)NC(=O)CC2c2ccccc2[N+](=O)[O-])cc1. The van der Waals surface area contributed by atoms with E-state index in [1.807, 2.05) is 0 Å². The number of nitro groups is 1. The Morgan fingerprint density at radius 2 is 1.90 bits per heavy atom. The molecule has 1 unspecified atom stereocenters. The zero-order chi connectivity index (χ0) is 21.0. The van der Waals surface area contributed by atoms with Crippen LogP contribution >= 0.6 is 0 Å². The van der Waals surface area contributed by atoms with Gasteiger partial charge in [0.2, 0.25) is 5.91 Å². The predicted octanol–water partition coefficient (Wildman–Crippen LogP) is 3.22. The molecule has 0 spiro atoms. The first-order chi connectivity index (χ1) is 13.9. The number of nitrogens with one attached hydrogen (secondary N) is 1. The summed E-state index contributed by atoms with van der Waals surface area (Å²) in [5.41, 5.74) is 1.49. The number of ether oxygens (including phenoxy) is 2. The van der Waals surface area contributed by atoms with E-state index in [9.17, 15) is 19.7 Å². The van der Waals surface area contributed by atoms with Crippen LogP contribution in [0.1, 0.15) is 30.4 Å². The van der Waals surface area contributed by atoms with Gasteiger partial charge in [0.25, 0.3) is 5.69 Å². The number of benzene rings is 2. The van der Waals surface area contributed by atoms with E-state index in [-0.39, 0.29) is 30.2 Å². The number of amides is 1. The van der Waals surface area contributed by atoms with Gasteiger partial charge < -0.3 is 14.8 Å². The molecule has 0 saturated carbocycles. The van der Waals surface area contributed by atoms with Crippen molar-refractivity contribution in [1.29, 1.82) is 0 Å². The lowest BCUT2D eigenvalue weighted by Gasteiger charge is -2.26. The number of carbonyl (C=O) groups is 2. The summed E-state index contributed by atoms with van der Waals surface area (Å²) in [5.74, 6) is -1.00. The van der Waals surface area contributed by atoms with Gasteiger partial charge in [-0.25, -0.2) is 4.79 Å². The summed E-state index contributed by atoms with van der Waals surface area (Å²) in [4.78, 5) is 35.8. The van der Waals surface area contributed by atoms with Gasteiger partial charge in [-0.05, 0) is 24.6 Å². The molecule has 2 aromatic rings. The Hall–Kier alpha value is -3.68. The van der Waals surface area contributed by atoms with E-state index >= 15 is 0 Å². The molecular formula is C21H20N2O6. The molecule has 8 heteroatoms. The molecule has 1 heterocycles. The summed E-state index contributed by atoms with van der Waals surface area (Å²) in [7, 11) is 1.56. The van der Waals surface area contributed by atoms with E-state index in [1.165, 1.54) is 6.07 Å². The molecule has 0 fully saturated rings. The van der Waals surface area contributed by atoms with Crippen LogP contribution in [0.5, 0.6) is 5.75 Å². The molecule has 1 aliphatic rings. The van der Waals surface area contributed by atoms with E-state index in [0.29, 0.717) is 17.0 Å². The Balaban J connectivity index is 1.87. The summed E-state index contributed by atoms with van der Waals surface area (Å²) in [6, 6.07) is 13.2. The highest BCUT2D eigenvalue weighted by Crippen LogP contribution is 2.38. The lowest BCUT2D eigenvalue weighted by Crippen LogP contribution is -2.34. The molecule has 150 valence electrons. The van der Waals surface area contributed by atoms with Crippen molar-refractivity contribution in [1.82, 2.24) is 5.32 Å². The standard InChI is InChI=1S/C21H20N2O6/c1-13-20(21(25)29-12-14-7-9-15(28-2)10-8-14)17(11-19(24)22-13)16-5-3-4-6-18(16)23(26)27/h3-10,17H,11-12H2,1-2H3,(H,22,24). The van der Waals surface area contributed by atoms with Crippen LogP contribution in [-0.4, -0.2) is 23.9 Å². The minimum absolute atomic E-state index is 0.0250. The van der Waals surface area contributed by atoms with Crippen LogP contribution in [-0.2, 0) is 20.9 Å². The number of carbonyl (C=O) groups excluding carboxylic acids is 2. The zero-order valence-corrected chi connectivity index (χ0v) is 16.0. The second-order valence-corrected chi connectivity index (χ2v) is 6.58. The molecule has 0 bridgehead atoms. The third-order valence-electron chi connectivity index (χ3n) is 4.73. The highest BCUT2D eigenvalue weighted by Gasteiger charge is 2.36. The second-order valence-electron chi connectivity index (χ2n) is 6.58. The molecule has 1 aliphatic heterocycles. The van der Waals surface area contributed by atoms with E-state index < -0.39 is 16.8 Å². The number of methoxy groups -OCH3 is 1. The molecule has 0 radical (unpaired) electrons. The molecule has 0 saturated heterocycles. The number of nitrogens with zero attached hydrogens (tertiary/aromatic N) is 1. The van der Waals surface area contributed by atoms with Crippen LogP contribution in [0.15, 0.2) is 59.8 Å². The van der Waals surface area contributed by atoms with Crippen LogP contribution < -0.4 is 10.1 Å². The van der Waals surface area contributed by atoms with Crippen LogP contribution in [0.2, 0.25) is 0 Å². The van der Waals surface area contributed by atoms with Gasteiger partial charge in [0, 0.05) is 29.7 Å². The molecule has 3 rings (SSSR count). The van der Waals surface area contributed by atoms with Crippen molar-refractivity contribution in [3.05, 3.63) is 81.0 Å². The number of hydrogen-bond donors (Lipinski definition) is 1. The molecule has 29 heavy (non-hydrogen) atoms. The van der Waals surface area contributed by atoms with E-state index in [4.69, 9.17) is 9.47 Å². The third kappa shape index (κ3) is 4.43. The van der Waals surface area contributed by atoms with Gasteiger partial charge in [0.15, 0.2) is 0 Å². The second kappa shape index (κ2) is 8.55. The molecule has 8 nitrogen and oxygen atoms in total. The summed E-state index contributed by atoms with van der Waals surface area (Å²) in [5, 5.41) is 14.1. The van der Waals surface area contributed by atoms with E-state index in [2.05, 4.69) is 5.32 Å². The molecule has 1 N–H and O–H groups in total. The highest BCUT2D eigenvalue weighted by molar-refractivity contribution is 5.96. The van der Waals surface area contributed by atoms with Crippen LogP contribution in [0, 0.1) is 10.1 Å². The Labute approximate surface area is 167 Å². The van der Waals surface area contributed by atoms with Gasteiger partial charge in [-0.3, -0.25) is 14.9 Å². The Morgan fingerprint density at radius 1 is 1.21 bits per heavy atom. The smallest absolute Gasteiger partial charge is 0.336 e. The largest absolute Gasteiger partial charge is 0.497 e. The first-order valence-electron chi connectivity index (χ1n) is 8.94.